The van der Waals surface area contributed by atoms with Crippen molar-refractivity contribution in [2.24, 2.45) is 0 Å². The van der Waals surface area contributed by atoms with Crippen LogP contribution in [0.1, 0.15) is 26.7 Å². The van der Waals surface area contributed by atoms with E-state index in [0.29, 0.717) is 12.5 Å². The van der Waals surface area contributed by atoms with Crippen LogP contribution in [0.2, 0.25) is 0 Å². The molecule has 52 valence electrons. The molecule has 0 unspecified atom stereocenters. The minimum Gasteiger partial charge on any atom is -0.313 e. The molecule has 9 heavy (non-hydrogen) atoms. The number of nitrogens with zero attached hydrogens (tertiary/aromatic N) is 1. The Labute approximate surface area is 56.9 Å². The molecule has 0 radical (unpaired) electrons. The third kappa shape index (κ3) is 5.32. The topological polar surface area (TPSA) is 35.8 Å². The minimum atomic E-state index is 0.554. The summed E-state index contributed by atoms with van der Waals surface area (Å²) >= 11 is 0. The molecule has 0 spiro atoms. The first-order chi connectivity index (χ1) is 4.31. The van der Waals surface area contributed by atoms with Gasteiger partial charge in [0.05, 0.1) is 6.07 Å². The van der Waals surface area contributed by atoms with Crippen LogP contribution in [0.4, 0.5) is 0 Å². The van der Waals surface area contributed by atoms with E-state index in [1.165, 1.54) is 0 Å². The lowest BCUT2D eigenvalue weighted by atomic mass is 10.2. The van der Waals surface area contributed by atoms with Crippen molar-refractivity contribution >= 4 is 0 Å². The van der Waals surface area contributed by atoms with Crippen LogP contribution in [-0.4, -0.2) is 12.6 Å². The molecule has 0 saturated heterocycles. The van der Waals surface area contributed by atoms with Crippen molar-refractivity contribution in [1.29, 1.82) is 5.26 Å². The third-order valence-corrected chi connectivity index (χ3v) is 1.34. The van der Waals surface area contributed by atoms with Gasteiger partial charge < -0.3 is 5.32 Å². The summed E-state index contributed by atoms with van der Waals surface area (Å²) in [5.74, 6) is 0. The van der Waals surface area contributed by atoms with E-state index in [1.54, 1.807) is 0 Å². The first kappa shape index (κ1) is 8.45. The fourth-order valence-corrected chi connectivity index (χ4v) is 0.519. The monoisotopic (exact) mass is 126 g/mol. The molecule has 0 rings (SSSR count). The van der Waals surface area contributed by atoms with Crippen molar-refractivity contribution in [2.45, 2.75) is 32.7 Å². The lowest BCUT2D eigenvalue weighted by Gasteiger charge is -2.07. The average Bonchev–Trinajstić information content (AvgIpc) is 1.89. The highest BCUT2D eigenvalue weighted by Crippen LogP contribution is 1.86. The Morgan fingerprint density at radius 3 is 2.78 bits per heavy atom. The van der Waals surface area contributed by atoms with Gasteiger partial charge >= 0.3 is 0 Å². The zero-order valence-corrected chi connectivity index (χ0v) is 6.15. The zero-order valence-electron chi connectivity index (χ0n) is 6.15. The van der Waals surface area contributed by atoms with Gasteiger partial charge in [-0.2, -0.15) is 5.26 Å². The van der Waals surface area contributed by atoms with Crippen LogP contribution in [-0.2, 0) is 0 Å². The van der Waals surface area contributed by atoms with Gasteiger partial charge in [0.1, 0.15) is 0 Å². The van der Waals surface area contributed by atoms with Crippen LogP contribution in [0.5, 0.6) is 0 Å². The average molecular weight is 126 g/mol. The van der Waals surface area contributed by atoms with Gasteiger partial charge in [-0.25, -0.2) is 0 Å². The molecule has 0 saturated carbocycles. The second-order valence-electron chi connectivity index (χ2n) is 2.17. The quantitative estimate of drug-likeness (QED) is 0.576. The lowest BCUT2D eigenvalue weighted by Crippen LogP contribution is -2.25. The molecule has 1 N–H and O–H groups in total. The summed E-state index contributed by atoms with van der Waals surface area (Å²) in [5.41, 5.74) is 0. The summed E-state index contributed by atoms with van der Waals surface area (Å²) in [5, 5.41) is 11.4. The summed E-state index contributed by atoms with van der Waals surface area (Å²) in [7, 11) is 0. The Hall–Kier alpha value is -0.550. The van der Waals surface area contributed by atoms with Crippen molar-refractivity contribution in [2.75, 3.05) is 6.54 Å². The maximum Gasteiger partial charge on any atom is 0.0635 e. The number of hydrogen-bond donors (Lipinski definition) is 1. The van der Waals surface area contributed by atoms with E-state index in [1.807, 2.05) is 0 Å². The van der Waals surface area contributed by atoms with E-state index in [4.69, 9.17) is 5.26 Å². The molecule has 0 aromatic rings. The first-order valence-electron chi connectivity index (χ1n) is 3.41. The zero-order chi connectivity index (χ0) is 7.11. The molecular weight excluding hydrogens is 112 g/mol. The fraction of sp³-hybridized carbons (Fsp3) is 0.857. The predicted molar refractivity (Wildman–Crippen MR) is 38.0 cm³/mol. The summed E-state index contributed by atoms with van der Waals surface area (Å²) in [6.07, 6.45) is 1.75. The number of nitriles is 1. The van der Waals surface area contributed by atoms with E-state index in [2.05, 4.69) is 25.2 Å². The maximum atomic E-state index is 8.16. The van der Waals surface area contributed by atoms with Crippen molar-refractivity contribution in [3.05, 3.63) is 0 Å². The predicted octanol–water partition coefficient (Wildman–Crippen LogP) is 1.29. The van der Waals surface area contributed by atoms with Crippen LogP contribution in [0, 0.1) is 11.3 Å². The van der Waals surface area contributed by atoms with Gasteiger partial charge in [0.15, 0.2) is 0 Å². The van der Waals surface area contributed by atoms with Gasteiger partial charge in [0.2, 0.25) is 0 Å². The van der Waals surface area contributed by atoms with Crippen LogP contribution in [0.25, 0.3) is 0 Å². The summed E-state index contributed by atoms with van der Waals surface area (Å²) in [4.78, 5) is 0. The highest BCUT2D eigenvalue weighted by Gasteiger charge is 1.93. The SMILES string of the molecule is CC[C@H](C)NCCC#N. The molecule has 2 nitrogen and oxygen atoms in total. The molecule has 0 amide bonds. The van der Waals surface area contributed by atoms with E-state index < -0.39 is 0 Å². The van der Waals surface area contributed by atoms with Crippen molar-refractivity contribution in [3.63, 3.8) is 0 Å². The minimum absolute atomic E-state index is 0.554. The van der Waals surface area contributed by atoms with Gasteiger partial charge in [-0.1, -0.05) is 6.92 Å². The van der Waals surface area contributed by atoms with Crippen LogP contribution in [0.15, 0.2) is 0 Å². The van der Waals surface area contributed by atoms with Gasteiger partial charge in [-0.15, -0.1) is 0 Å². The molecule has 0 fully saturated rings. The number of nitrogens with one attached hydrogen (secondary N) is 1. The highest BCUT2D eigenvalue weighted by atomic mass is 14.9. The van der Waals surface area contributed by atoms with E-state index >= 15 is 0 Å². The lowest BCUT2D eigenvalue weighted by molar-refractivity contribution is 0.542. The van der Waals surface area contributed by atoms with Gasteiger partial charge in [-0.3, -0.25) is 0 Å². The molecule has 0 heterocycles. The van der Waals surface area contributed by atoms with Gasteiger partial charge in [0.25, 0.3) is 0 Å². The Kier molecular flexibility index (Phi) is 5.24. The van der Waals surface area contributed by atoms with E-state index in [0.717, 1.165) is 13.0 Å². The third-order valence-electron chi connectivity index (χ3n) is 1.34. The summed E-state index contributed by atoms with van der Waals surface area (Å²) < 4.78 is 0. The second kappa shape index (κ2) is 5.58. The Balaban J connectivity index is 2.99. The van der Waals surface area contributed by atoms with Crippen LogP contribution in [0.3, 0.4) is 0 Å². The normalized spacial score (nSPS) is 12.6. The number of rotatable bonds is 4. The standard InChI is InChI=1S/C7H14N2/c1-3-7(2)9-6-4-5-8/h7,9H,3-4,6H2,1-2H3/t7-/m0/s1. The molecule has 0 aliphatic heterocycles. The molecule has 0 aromatic carbocycles. The van der Waals surface area contributed by atoms with Crippen LogP contribution < -0.4 is 5.32 Å². The van der Waals surface area contributed by atoms with E-state index in [9.17, 15) is 0 Å². The second-order valence-corrected chi connectivity index (χ2v) is 2.17. The largest absolute Gasteiger partial charge is 0.313 e. The van der Waals surface area contributed by atoms with Crippen molar-refractivity contribution in [3.8, 4) is 6.07 Å². The van der Waals surface area contributed by atoms with Gasteiger partial charge in [0, 0.05) is 19.0 Å². The number of hydrogen-bond acceptors (Lipinski definition) is 2. The summed E-state index contributed by atoms with van der Waals surface area (Å²) in [6.45, 7) is 5.08. The highest BCUT2D eigenvalue weighted by molar-refractivity contribution is 4.71. The Morgan fingerprint density at radius 1 is 1.67 bits per heavy atom. The Bertz CT molecular complexity index is 93.6. The summed E-state index contributed by atoms with van der Waals surface area (Å²) in [6, 6.07) is 2.64. The van der Waals surface area contributed by atoms with E-state index in [-0.39, 0.29) is 0 Å². The van der Waals surface area contributed by atoms with Crippen molar-refractivity contribution < 1.29 is 0 Å². The molecule has 2 heteroatoms. The molecular formula is C7H14N2. The molecule has 1 atom stereocenters. The maximum absolute atomic E-state index is 8.16. The molecule has 0 aliphatic carbocycles. The first-order valence-corrected chi connectivity index (χ1v) is 3.41. The molecule has 0 aromatic heterocycles. The molecule has 0 aliphatic rings. The smallest absolute Gasteiger partial charge is 0.0635 e. The Morgan fingerprint density at radius 2 is 2.33 bits per heavy atom. The molecule has 0 bridgehead atoms. The van der Waals surface area contributed by atoms with Gasteiger partial charge in [-0.05, 0) is 13.3 Å². The van der Waals surface area contributed by atoms with Crippen molar-refractivity contribution in [1.82, 2.24) is 5.32 Å². The fourth-order valence-electron chi connectivity index (χ4n) is 0.519. The van der Waals surface area contributed by atoms with Crippen LogP contribution >= 0.6 is 0 Å².